The van der Waals surface area contributed by atoms with Crippen LogP contribution in [-0.4, -0.2) is 28.7 Å². The molecule has 0 spiro atoms. The molecule has 3 rings (SSSR count). The van der Waals surface area contributed by atoms with Crippen LogP contribution in [0.2, 0.25) is 0 Å². The monoisotopic (exact) mass is 376 g/mol. The summed E-state index contributed by atoms with van der Waals surface area (Å²) in [5.74, 6) is -1.45. The van der Waals surface area contributed by atoms with Gasteiger partial charge in [-0.3, -0.25) is 19.3 Å². The fourth-order valence-corrected chi connectivity index (χ4v) is 3.37. The second-order valence-electron chi connectivity index (χ2n) is 5.87. The van der Waals surface area contributed by atoms with E-state index in [1.807, 2.05) is 24.3 Å². The Morgan fingerprint density at radius 3 is 2.17 bits per heavy atom. The molecular weight excluding hydrogens is 360 g/mol. The minimum absolute atomic E-state index is 0.234. The normalized spacial score (nSPS) is 24.5. The van der Waals surface area contributed by atoms with Crippen molar-refractivity contribution in [1.82, 2.24) is 4.90 Å². The Bertz CT molecular complexity index is 658. The van der Waals surface area contributed by atoms with Crippen molar-refractivity contribution < 1.29 is 14.4 Å². The van der Waals surface area contributed by atoms with Crippen LogP contribution in [-0.2, 0) is 14.4 Å². The van der Waals surface area contributed by atoms with Crippen LogP contribution in [0.5, 0.6) is 0 Å². The fraction of sp³-hybridized carbons (Fsp3) is 0.353. The molecule has 0 bridgehead atoms. The zero-order chi connectivity index (χ0) is 16.6. The van der Waals surface area contributed by atoms with E-state index in [1.165, 1.54) is 0 Å². The average Bonchev–Trinajstić information content (AvgIpc) is 2.81. The predicted molar refractivity (Wildman–Crippen MR) is 89.4 cm³/mol. The Balaban J connectivity index is 1.73. The number of carbonyl (C=O) groups excluding carboxylic acids is 3. The molecule has 23 heavy (non-hydrogen) atoms. The summed E-state index contributed by atoms with van der Waals surface area (Å²) >= 11 is 3.33. The van der Waals surface area contributed by atoms with Gasteiger partial charge in [0.15, 0.2) is 0 Å². The number of carbonyl (C=O) groups is 3. The molecule has 1 aliphatic heterocycles. The van der Waals surface area contributed by atoms with Gasteiger partial charge in [-0.2, -0.15) is 0 Å². The van der Waals surface area contributed by atoms with Crippen molar-refractivity contribution in [2.24, 2.45) is 11.8 Å². The predicted octanol–water partition coefficient (Wildman–Crippen LogP) is 2.73. The molecule has 1 fully saturated rings. The summed E-state index contributed by atoms with van der Waals surface area (Å²) in [5.41, 5.74) is 0.628. The van der Waals surface area contributed by atoms with E-state index in [2.05, 4.69) is 21.2 Å². The summed E-state index contributed by atoms with van der Waals surface area (Å²) in [5, 5.41) is 2.75. The van der Waals surface area contributed by atoms with Crippen LogP contribution in [0.4, 0.5) is 5.69 Å². The number of nitrogens with one attached hydrogen (secondary N) is 1. The van der Waals surface area contributed by atoms with Gasteiger partial charge in [-0.05, 0) is 44.0 Å². The minimum atomic E-state index is -0.816. The van der Waals surface area contributed by atoms with E-state index < -0.39 is 6.04 Å². The zero-order valence-electron chi connectivity index (χ0n) is 12.7. The number of anilines is 1. The highest BCUT2D eigenvalue weighted by Gasteiger charge is 2.50. The molecule has 1 N–H and O–H groups in total. The fourth-order valence-electron chi connectivity index (χ4n) is 3.10. The molecule has 3 atom stereocenters. The second kappa shape index (κ2) is 6.28. The molecule has 2 aliphatic rings. The van der Waals surface area contributed by atoms with Crippen molar-refractivity contribution in [3.63, 3.8) is 0 Å². The Labute approximate surface area is 142 Å². The number of imide groups is 1. The van der Waals surface area contributed by atoms with Crippen molar-refractivity contribution in [3.05, 3.63) is 40.9 Å². The lowest BCUT2D eigenvalue weighted by atomic mass is 9.85. The molecule has 0 saturated carbocycles. The van der Waals surface area contributed by atoms with Gasteiger partial charge in [0.05, 0.1) is 11.8 Å². The van der Waals surface area contributed by atoms with Crippen LogP contribution in [0.1, 0.15) is 19.8 Å². The number of hydrogen-bond donors (Lipinski definition) is 1. The number of likely N-dealkylation sites (tertiary alicyclic amines) is 1. The topological polar surface area (TPSA) is 66.5 Å². The SMILES string of the molecule is C[C@@H](C(=O)Nc1ccc(Br)cc1)N1C(=O)[C@@H]2CC=CC[C@H]2C1=O. The number of nitrogens with zero attached hydrogens (tertiary/aromatic N) is 1. The van der Waals surface area contributed by atoms with E-state index in [9.17, 15) is 14.4 Å². The summed E-state index contributed by atoms with van der Waals surface area (Å²) in [6.45, 7) is 1.59. The van der Waals surface area contributed by atoms with Gasteiger partial charge in [0.1, 0.15) is 6.04 Å². The maximum absolute atomic E-state index is 12.5. The van der Waals surface area contributed by atoms with E-state index in [0.717, 1.165) is 9.37 Å². The molecule has 1 aliphatic carbocycles. The summed E-state index contributed by atoms with van der Waals surface area (Å²) < 4.78 is 0.907. The third-order valence-corrected chi connectivity index (χ3v) is 4.95. The maximum Gasteiger partial charge on any atom is 0.247 e. The third kappa shape index (κ3) is 2.95. The molecular formula is C17H17BrN2O3. The van der Waals surface area contributed by atoms with Crippen molar-refractivity contribution in [2.75, 3.05) is 5.32 Å². The largest absolute Gasteiger partial charge is 0.324 e. The molecule has 3 amide bonds. The molecule has 0 aromatic heterocycles. The lowest BCUT2D eigenvalue weighted by Crippen LogP contribution is -2.46. The molecule has 5 nitrogen and oxygen atoms in total. The van der Waals surface area contributed by atoms with Gasteiger partial charge in [-0.25, -0.2) is 0 Å². The lowest BCUT2D eigenvalue weighted by molar-refractivity contribution is -0.146. The molecule has 1 saturated heterocycles. The number of hydrogen-bond acceptors (Lipinski definition) is 3. The van der Waals surface area contributed by atoms with E-state index in [-0.39, 0.29) is 29.6 Å². The number of benzene rings is 1. The summed E-state index contributed by atoms with van der Waals surface area (Å²) in [4.78, 5) is 38.5. The molecule has 0 unspecified atom stereocenters. The Morgan fingerprint density at radius 1 is 1.13 bits per heavy atom. The number of rotatable bonds is 3. The summed E-state index contributed by atoms with van der Waals surface area (Å²) in [7, 11) is 0. The smallest absolute Gasteiger partial charge is 0.247 e. The van der Waals surface area contributed by atoms with Crippen molar-refractivity contribution in [3.8, 4) is 0 Å². The van der Waals surface area contributed by atoms with Gasteiger partial charge < -0.3 is 5.32 Å². The van der Waals surface area contributed by atoms with Crippen molar-refractivity contribution >= 4 is 39.3 Å². The lowest BCUT2D eigenvalue weighted by Gasteiger charge is -2.22. The quantitative estimate of drug-likeness (QED) is 0.651. The van der Waals surface area contributed by atoms with Crippen LogP contribution in [0.15, 0.2) is 40.9 Å². The highest BCUT2D eigenvalue weighted by Crippen LogP contribution is 2.36. The maximum atomic E-state index is 12.5. The van der Waals surface area contributed by atoms with Crippen molar-refractivity contribution in [2.45, 2.75) is 25.8 Å². The minimum Gasteiger partial charge on any atom is -0.324 e. The first-order chi connectivity index (χ1) is 11.0. The summed E-state index contributed by atoms with van der Waals surface area (Å²) in [6, 6.07) is 6.32. The van der Waals surface area contributed by atoms with Gasteiger partial charge in [0.2, 0.25) is 17.7 Å². The first kappa shape index (κ1) is 15.9. The van der Waals surface area contributed by atoms with Crippen LogP contribution in [0, 0.1) is 11.8 Å². The summed E-state index contributed by atoms with van der Waals surface area (Å²) in [6.07, 6.45) is 5.02. The molecule has 120 valence electrons. The van der Waals surface area contributed by atoms with E-state index in [1.54, 1.807) is 19.1 Å². The first-order valence-electron chi connectivity index (χ1n) is 7.57. The van der Waals surface area contributed by atoms with E-state index in [0.29, 0.717) is 18.5 Å². The number of amides is 3. The highest BCUT2D eigenvalue weighted by atomic mass is 79.9. The van der Waals surface area contributed by atoms with E-state index >= 15 is 0 Å². The standard InChI is InChI=1S/C17H17BrN2O3/c1-10(15(21)19-12-8-6-11(18)7-9-12)20-16(22)13-4-2-3-5-14(13)17(20)23/h2-3,6-10,13-14H,4-5H2,1H3,(H,19,21)/t10-,13+,14+/m0/s1. The highest BCUT2D eigenvalue weighted by molar-refractivity contribution is 9.10. The average molecular weight is 377 g/mol. The van der Waals surface area contributed by atoms with Crippen molar-refractivity contribution in [1.29, 1.82) is 0 Å². The molecule has 0 radical (unpaired) electrons. The van der Waals surface area contributed by atoms with Gasteiger partial charge in [0, 0.05) is 10.2 Å². The Hall–Kier alpha value is -1.95. The number of allylic oxidation sites excluding steroid dienone is 2. The van der Waals surface area contributed by atoms with E-state index in [4.69, 9.17) is 0 Å². The molecule has 1 aromatic rings. The molecule has 1 heterocycles. The van der Waals surface area contributed by atoms with Gasteiger partial charge >= 0.3 is 0 Å². The second-order valence-corrected chi connectivity index (χ2v) is 6.79. The number of fused-ring (bicyclic) bond motifs is 1. The van der Waals surface area contributed by atoms with Gasteiger partial charge in [0.25, 0.3) is 0 Å². The van der Waals surface area contributed by atoms with Crippen LogP contribution in [0.3, 0.4) is 0 Å². The molecule has 1 aromatic carbocycles. The van der Waals surface area contributed by atoms with Gasteiger partial charge in [-0.1, -0.05) is 28.1 Å². The first-order valence-corrected chi connectivity index (χ1v) is 8.36. The third-order valence-electron chi connectivity index (χ3n) is 4.42. The zero-order valence-corrected chi connectivity index (χ0v) is 14.2. The van der Waals surface area contributed by atoms with Crippen LogP contribution in [0.25, 0.3) is 0 Å². The number of halogens is 1. The van der Waals surface area contributed by atoms with Crippen LogP contribution >= 0.6 is 15.9 Å². The van der Waals surface area contributed by atoms with Crippen LogP contribution < -0.4 is 5.32 Å². The Kier molecular flexibility index (Phi) is 4.35. The van der Waals surface area contributed by atoms with Gasteiger partial charge in [-0.15, -0.1) is 0 Å². The molecule has 6 heteroatoms. The Morgan fingerprint density at radius 2 is 1.65 bits per heavy atom.